The Kier molecular flexibility index (Phi) is 5.22. The highest BCUT2D eigenvalue weighted by atomic mass is 19.1. The van der Waals surface area contributed by atoms with Gasteiger partial charge >= 0.3 is 0 Å². The number of methoxy groups -OCH3 is 1. The zero-order valence-electron chi connectivity index (χ0n) is 13.8. The number of rotatable bonds is 7. The maximum atomic E-state index is 14.0. The Labute approximate surface area is 144 Å². The molecule has 0 bridgehead atoms. The van der Waals surface area contributed by atoms with Crippen LogP contribution in [0.4, 0.5) is 4.39 Å². The third kappa shape index (κ3) is 4.11. The Bertz CT molecular complexity index is 719. The topological polar surface area (TPSA) is 102 Å². The van der Waals surface area contributed by atoms with Crippen LogP contribution in [0.1, 0.15) is 30.9 Å². The molecule has 0 radical (unpaired) electrons. The molecule has 1 saturated carbocycles. The van der Waals surface area contributed by atoms with Crippen LogP contribution in [0.25, 0.3) is 0 Å². The molecule has 2 aromatic rings. The van der Waals surface area contributed by atoms with E-state index in [0.717, 1.165) is 0 Å². The van der Waals surface area contributed by atoms with Gasteiger partial charge in [0.25, 0.3) is 0 Å². The van der Waals surface area contributed by atoms with Crippen molar-refractivity contribution in [2.45, 2.75) is 38.0 Å². The van der Waals surface area contributed by atoms with Crippen molar-refractivity contribution in [1.82, 2.24) is 25.5 Å². The molecule has 1 aliphatic rings. The second kappa shape index (κ2) is 7.56. The van der Waals surface area contributed by atoms with Crippen LogP contribution in [-0.4, -0.2) is 44.4 Å². The first-order chi connectivity index (χ1) is 12.1. The molecule has 1 aromatic carbocycles. The number of tetrazole rings is 1. The summed E-state index contributed by atoms with van der Waals surface area (Å²) in [5.74, 6) is -0.438. The minimum Gasteiger partial charge on any atom is -0.494 e. The van der Waals surface area contributed by atoms with Gasteiger partial charge in [0.2, 0.25) is 5.91 Å². The predicted molar refractivity (Wildman–Crippen MR) is 85.0 cm³/mol. The lowest BCUT2D eigenvalue weighted by molar-refractivity contribution is -0.123. The molecule has 1 aromatic heterocycles. The van der Waals surface area contributed by atoms with Crippen LogP contribution < -0.4 is 10.1 Å². The molecular weight excluding hydrogens is 329 g/mol. The monoisotopic (exact) mass is 349 g/mol. The molecule has 1 atom stereocenters. The maximum absolute atomic E-state index is 14.0. The zero-order valence-corrected chi connectivity index (χ0v) is 13.8. The average molecular weight is 349 g/mol. The first-order valence-corrected chi connectivity index (χ1v) is 8.08. The minimum absolute atomic E-state index is 0.0692. The second-order valence-corrected chi connectivity index (χ2v) is 6.15. The van der Waals surface area contributed by atoms with Gasteiger partial charge in [0.05, 0.1) is 25.8 Å². The Morgan fingerprint density at radius 1 is 1.52 bits per heavy atom. The summed E-state index contributed by atoms with van der Waals surface area (Å²) in [6.45, 7) is 0.357. The SMILES string of the molecule is COc1ccc([C@@H](NC(=O)CCn2cnnn2)C2CC(O)C2)cc1F. The maximum Gasteiger partial charge on any atom is 0.222 e. The fourth-order valence-electron chi connectivity index (χ4n) is 3.00. The predicted octanol–water partition coefficient (Wildman–Crippen LogP) is 0.839. The van der Waals surface area contributed by atoms with E-state index in [1.54, 1.807) is 12.1 Å². The van der Waals surface area contributed by atoms with Gasteiger partial charge in [-0.2, -0.15) is 0 Å². The van der Waals surface area contributed by atoms with Crippen molar-refractivity contribution in [2.24, 2.45) is 5.92 Å². The number of ether oxygens (including phenoxy) is 1. The van der Waals surface area contributed by atoms with Gasteiger partial charge in [-0.1, -0.05) is 6.07 Å². The molecule has 25 heavy (non-hydrogen) atoms. The van der Waals surface area contributed by atoms with E-state index >= 15 is 0 Å². The van der Waals surface area contributed by atoms with E-state index in [2.05, 4.69) is 20.8 Å². The number of carbonyl (C=O) groups is 1. The van der Waals surface area contributed by atoms with E-state index in [1.807, 2.05) is 0 Å². The number of hydrogen-bond acceptors (Lipinski definition) is 6. The highest BCUT2D eigenvalue weighted by Gasteiger charge is 2.35. The van der Waals surface area contributed by atoms with Gasteiger partial charge in [-0.25, -0.2) is 9.07 Å². The number of aliphatic hydroxyl groups excluding tert-OH is 1. The Balaban J connectivity index is 1.69. The number of halogens is 1. The molecule has 1 heterocycles. The molecule has 1 fully saturated rings. The standard InChI is InChI=1S/C16H20FN5O3/c1-25-14-3-2-10(8-13(14)17)16(11-6-12(23)7-11)19-15(24)4-5-22-9-18-20-21-22/h2-3,8-9,11-12,16,23H,4-7H2,1H3,(H,19,24)/t11?,12?,16-/m1/s1. The van der Waals surface area contributed by atoms with Crippen molar-refractivity contribution in [3.8, 4) is 5.75 Å². The van der Waals surface area contributed by atoms with Gasteiger partial charge < -0.3 is 15.2 Å². The number of hydrogen-bond donors (Lipinski definition) is 2. The fraction of sp³-hybridized carbons (Fsp3) is 0.500. The summed E-state index contributed by atoms with van der Waals surface area (Å²) in [7, 11) is 1.40. The van der Waals surface area contributed by atoms with Gasteiger partial charge in [-0.05, 0) is 46.9 Å². The van der Waals surface area contributed by atoms with Crippen LogP contribution in [0.5, 0.6) is 5.75 Å². The number of aryl methyl sites for hydroxylation is 1. The quantitative estimate of drug-likeness (QED) is 0.768. The van der Waals surface area contributed by atoms with Crippen LogP contribution >= 0.6 is 0 Å². The molecular formula is C16H20FN5O3. The molecule has 0 saturated heterocycles. The molecule has 0 unspecified atom stereocenters. The largest absolute Gasteiger partial charge is 0.494 e. The van der Waals surface area contributed by atoms with Gasteiger partial charge in [0.1, 0.15) is 6.33 Å². The van der Waals surface area contributed by atoms with Gasteiger partial charge in [-0.15, -0.1) is 5.10 Å². The fourth-order valence-corrected chi connectivity index (χ4v) is 3.00. The van der Waals surface area contributed by atoms with E-state index in [1.165, 1.54) is 24.2 Å². The van der Waals surface area contributed by atoms with Crippen molar-refractivity contribution in [3.05, 3.63) is 35.9 Å². The van der Waals surface area contributed by atoms with Crippen LogP contribution in [0.15, 0.2) is 24.5 Å². The Hall–Kier alpha value is -2.55. The summed E-state index contributed by atoms with van der Waals surface area (Å²) in [5.41, 5.74) is 0.658. The summed E-state index contributed by atoms with van der Waals surface area (Å²) in [6.07, 6.45) is 2.42. The van der Waals surface area contributed by atoms with Gasteiger partial charge in [0, 0.05) is 6.42 Å². The first-order valence-electron chi connectivity index (χ1n) is 8.08. The molecule has 3 rings (SSSR count). The molecule has 9 heteroatoms. The third-order valence-corrected chi connectivity index (χ3v) is 4.43. The van der Waals surface area contributed by atoms with Crippen molar-refractivity contribution < 1.29 is 19.0 Å². The number of nitrogens with one attached hydrogen (secondary N) is 1. The smallest absolute Gasteiger partial charge is 0.222 e. The molecule has 0 aliphatic heterocycles. The number of amides is 1. The molecule has 2 N–H and O–H groups in total. The summed E-state index contributed by atoms with van der Waals surface area (Å²) < 4.78 is 20.4. The van der Waals surface area contributed by atoms with Crippen molar-refractivity contribution in [2.75, 3.05) is 7.11 Å². The lowest BCUT2D eigenvalue weighted by Crippen LogP contribution is -2.41. The van der Waals surface area contributed by atoms with Crippen LogP contribution in [0.2, 0.25) is 0 Å². The average Bonchev–Trinajstić information content (AvgIpc) is 3.09. The summed E-state index contributed by atoms with van der Waals surface area (Å²) >= 11 is 0. The number of aliphatic hydroxyl groups is 1. The Morgan fingerprint density at radius 3 is 2.92 bits per heavy atom. The van der Waals surface area contributed by atoms with E-state index < -0.39 is 5.82 Å². The van der Waals surface area contributed by atoms with Crippen LogP contribution in [0.3, 0.4) is 0 Å². The number of aromatic nitrogens is 4. The highest BCUT2D eigenvalue weighted by Crippen LogP contribution is 2.39. The third-order valence-electron chi connectivity index (χ3n) is 4.43. The normalized spacial score (nSPS) is 20.6. The van der Waals surface area contributed by atoms with Gasteiger partial charge in [-0.3, -0.25) is 4.79 Å². The number of carbonyl (C=O) groups excluding carboxylic acids is 1. The molecule has 8 nitrogen and oxygen atoms in total. The van der Waals surface area contributed by atoms with E-state index in [0.29, 0.717) is 24.9 Å². The second-order valence-electron chi connectivity index (χ2n) is 6.15. The van der Waals surface area contributed by atoms with Crippen molar-refractivity contribution >= 4 is 5.91 Å². The minimum atomic E-state index is -0.479. The van der Waals surface area contributed by atoms with E-state index in [9.17, 15) is 14.3 Å². The molecule has 0 spiro atoms. The molecule has 1 aliphatic carbocycles. The van der Waals surface area contributed by atoms with Crippen LogP contribution in [-0.2, 0) is 11.3 Å². The number of nitrogens with zero attached hydrogens (tertiary/aromatic N) is 4. The molecule has 1 amide bonds. The molecule has 134 valence electrons. The van der Waals surface area contributed by atoms with E-state index in [-0.39, 0.29) is 36.1 Å². The number of benzene rings is 1. The van der Waals surface area contributed by atoms with Crippen molar-refractivity contribution in [1.29, 1.82) is 0 Å². The lowest BCUT2D eigenvalue weighted by atomic mass is 9.75. The summed E-state index contributed by atoms with van der Waals surface area (Å²) in [5, 5.41) is 23.3. The summed E-state index contributed by atoms with van der Waals surface area (Å²) in [4.78, 5) is 12.3. The highest BCUT2D eigenvalue weighted by molar-refractivity contribution is 5.76. The van der Waals surface area contributed by atoms with Crippen LogP contribution in [0, 0.1) is 11.7 Å². The van der Waals surface area contributed by atoms with Crippen molar-refractivity contribution in [3.63, 3.8) is 0 Å². The first kappa shape index (κ1) is 17.3. The van der Waals surface area contributed by atoms with Gasteiger partial charge in [0.15, 0.2) is 11.6 Å². The lowest BCUT2D eigenvalue weighted by Gasteiger charge is -2.38. The van der Waals surface area contributed by atoms with E-state index in [4.69, 9.17) is 4.74 Å². The zero-order chi connectivity index (χ0) is 17.8. The summed E-state index contributed by atoms with van der Waals surface area (Å²) in [6, 6.07) is 4.29. The Morgan fingerprint density at radius 2 is 2.32 bits per heavy atom.